The minimum absolute atomic E-state index is 0.0385. The number of nitrogens with one attached hydrogen (secondary N) is 3. The van der Waals surface area contributed by atoms with Gasteiger partial charge in [0.15, 0.2) is 0 Å². The number of hydrogen-bond donors (Lipinski definition) is 5. The Labute approximate surface area is 509 Å². The van der Waals surface area contributed by atoms with Crippen LogP contribution in [0.1, 0.15) is 163 Å². The molecule has 488 valence electrons. The third kappa shape index (κ3) is 23.2. The number of allylic oxidation sites excluding steroid dienone is 2. The molecule has 0 saturated carbocycles. The summed E-state index contributed by atoms with van der Waals surface area (Å²) in [6, 6.07) is -10.4. The van der Waals surface area contributed by atoms with Crippen molar-refractivity contribution in [3.8, 4) is 0 Å². The van der Waals surface area contributed by atoms with Gasteiger partial charge in [0, 0.05) is 55.3 Å². The van der Waals surface area contributed by atoms with E-state index in [2.05, 4.69) is 16.0 Å². The maximum atomic E-state index is 15.1. The van der Waals surface area contributed by atoms with Crippen molar-refractivity contribution in [2.45, 2.75) is 223 Å². The molecule has 0 aliphatic heterocycles. The van der Waals surface area contributed by atoms with Gasteiger partial charge in [-0.15, -0.1) is 0 Å². The van der Waals surface area contributed by atoms with E-state index in [1.165, 1.54) is 80.6 Å². The number of carbonyl (C=O) groups excluding carboxylic acids is 11. The molecule has 0 heterocycles. The molecule has 85 heavy (non-hydrogen) atoms. The molecule has 0 aliphatic carbocycles. The molecule has 0 aromatic heterocycles. The minimum atomic E-state index is -1.60. The van der Waals surface area contributed by atoms with Gasteiger partial charge in [-0.25, -0.2) is 0 Å². The molecule has 0 saturated heterocycles. The summed E-state index contributed by atoms with van der Waals surface area (Å²) in [6.45, 7) is 29.9. The number of nitrogens with zero attached hydrogens (tertiary/aromatic N) is 7. The third-order valence-corrected chi connectivity index (χ3v) is 16.1. The van der Waals surface area contributed by atoms with Crippen LogP contribution < -0.4 is 21.7 Å². The lowest BCUT2D eigenvalue weighted by molar-refractivity contribution is -0.157. The molecule has 0 aromatic rings. The number of primary amides is 1. The van der Waals surface area contributed by atoms with Crippen LogP contribution in [0.2, 0.25) is 0 Å². The van der Waals surface area contributed by atoms with Crippen molar-refractivity contribution in [1.29, 1.82) is 0 Å². The van der Waals surface area contributed by atoms with E-state index in [0.29, 0.717) is 25.7 Å². The lowest BCUT2D eigenvalue weighted by Gasteiger charge is -2.41. The summed E-state index contributed by atoms with van der Waals surface area (Å²) in [7, 11) is 10.1. The van der Waals surface area contributed by atoms with E-state index in [9.17, 15) is 48.3 Å². The van der Waals surface area contributed by atoms with Gasteiger partial charge >= 0.3 is 0 Å². The summed E-state index contributed by atoms with van der Waals surface area (Å²) < 4.78 is 0. The highest BCUT2D eigenvalue weighted by Gasteiger charge is 2.45. The van der Waals surface area contributed by atoms with E-state index < -0.39 is 138 Å². The van der Waals surface area contributed by atoms with Gasteiger partial charge in [0.2, 0.25) is 65.0 Å². The van der Waals surface area contributed by atoms with Crippen LogP contribution in [-0.4, -0.2) is 221 Å². The zero-order valence-electron chi connectivity index (χ0n) is 56.3. The fraction of sp³-hybridized carbons (Fsp3) is 0.790. The van der Waals surface area contributed by atoms with Crippen LogP contribution in [0, 0.1) is 41.4 Å². The standard InChI is InChI=1S/C62H113N11O12/c1-25-28-30-40(14)52(75)51(56(79)66-44(27-3)59(82)67(18)34-49(74)68(19)45(29-26-2)53(63)76)73(24)62(85)50(39(12)13)72(23)61(84)48(33-37(8)9)71(22)60(83)47(32-36(6)7)70(21)58(81)43(17)65-54(77)42(16)64-55(78)46(31-35(4)5)69(20)57(80)41(15)38(10)11/h25,28,35-48,50-52,75H,26-27,29-34H2,1-24H3,(H2,63,76)(H,64,78)(H,65,77)(H,66,79)/b28-25+/t40-,41+,42-,43+,44-,45+,46+,47-,48-,50-,51?,52+/m1/s1. The van der Waals surface area contributed by atoms with Gasteiger partial charge in [-0.1, -0.05) is 116 Å². The molecule has 23 heteroatoms. The van der Waals surface area contributed by atoms with Crippen LogP contribution in [0.5, 0.6) is 0 Å². The Kier molecular flexibility index (Phi) is 34.1. The molecular formula is C62H113N11O12. The zero-order chi connectivity index (χ0) is 66.4. The molecule has 0 rings (SSSR count). The highest BCUT2D eigenvalue weighted by atomic mass is 16.3. The topological polar surface area (TPSA) is 293 Å². The molecule has 0 bridgehead atoms. The van der Waals surface area contributed by atoms with Crippen LogP contribution in [0.15, 0.2) is 12.2 Å². The molecule has 1 unspecified atom stereocenters. The number of amides is 11. The van der Waals surface area contributed by atoms with Gasteiger partial charge < -0.3 is 61.1 Å². The summed E-state index contributed by atoms with van der Waals surface area (Å²) >= 11 is 0. The lowest BCUT2D eigenvalue weighted by atomic mass is 9.91. The highest BCUT2D eigenvalue weighted by molar-refractivity contribution is 5.98. The molecule has 0 aromatic carbocycles. The van der Waals surface area contributed by atoms with Crippen molar-refractivity contribution in [1.82, 2.24) is 50.2 Å². The monoisotopic (exact) mass is 1200 g/mol. The first-order chi connectivity index (χ1) is 39.2. The zero-order valence-corrected chi connectivity index (χ0v) is 56.3. The van der Waals surface area contributed by atoms with E-state index >= 15 is 9.59 Å². The molecule has 11 amide bonds. The highest BCUT2D eigenvalue weighted by Crippen LogP contribution is 2.25. The second kappa shape index (κ2) is 36.8. The Morgan fingerprint density at radius 3 is 1.36 bits per heavy atom. The quantitative estimate of drug-likeness (QED) is 0.0562. The summed E-state index contributed by atoms with van der Waals surface area (Å²) in [5.74, 6) is -8.42. The van der Waals surface area contributed by atoms with Crippen LogP contribution >= 0.6 is 0 Å². The van der Waals surface area contributed by atoms with Crippen LogP contribution in [0.4, 0.5) is 0 Å². The average Bonchev–Trinajstić information content (AvgIpc) is 3.55. The normalized spacial score (nSPS) is 16.0. The van der Waals surface area contributed by atoms with E-state index in [4.69, 9.17) is 5.73 Å². The van der Waals surface area contributed by atoms with Crippen molar-refractivity contribution < 1.29 is 57.8 Å². The van der Waals surface area contributed by atoms with Gasteiger partial charge in [0.05, 0.1) is 12.6 Å². The molecule has 23 nitrogen and oxygen atoms in total. The fourth-order valence-electron chi connectivity index (χ4n) is 10.2. The molecule has 0 radical (unpaired) electrons. The molecule has 0 spiro atoms. The minimum Gasteiger partial charge on any atom is -0.390 e. The Hall–Kier alpha value is -6.13. The number of likely N-dealkylation sites (N-methyl/N-ethyl adjacent to an activating group) is 7. The predicted molar refractivity (Wildman–Crippen MR) is 330 cm³/mol. The number of aliphatic hydroxyl groups is 1. The molecule has 0 fully saturated rings. The molecule has 6 N–H and O–H groups in total. The maximum absolute atomic E-state index is 15.1. The average molecular weight is 1200 g/mol. The third-order valence-electron chi connectivity index (χ3n) is 16.1. The maximum Gasteiger partial charge on any atom is 0.246 e. The van der Waals surface area contributed by atoms with Crippen molar-refractivity contribution >= 4 is 65.0 Å². The number of rotatable bonds is 36. The molecule has 0 aliphatic rings. The SMILES string of the molecule is C/C=C/C[C@@H](C)[C@H](O)C(C(=O)N[C@H](CC)C(=O)N(C)CC(=O)N(C)[C@@H](CCC)C(N)=O)N(C)C(=O)[C@@H](C(C)C)N(C)C(=O)[C@@H](CC(C)C)N(C)C(=O)[C@@H](CC(C)C)N(C)C(=O)[C@H](C)NC(=O)[C@@H](C)NC(=O)[C@H](CC(C)C)N(C)C(=O)[C@@H](C)C(C)C. The number of nitrogens with two attached hydrogens (primary N) is 1. The van der Waals surface area contributed by atoms with Crippen LogP contribution in [0.25, 0.3) is 0 Å². The van der Waals surface area contributed by atoms with E-state index in [-0.39, 0.29) is 54.8 Å². The van der Waals surface area contributed by atoms with Crippen molar-refractivity contribution in [3.63, 3.8) is 0 Å². The second-order valence-corrected chi connectivity index (χ2v) is 25.5. The Bertz CT molecular complexity index is 2270. The van der Waals surface area contributed by atoms with Gasteiger partial charge in [-0.2, -0.15) is 0 Å². The summed E-state index contributed by atoms with van der Waals surface area (Å²) in [5.41, 5.74) is 5.56. The predicted octanol–water partition coefficient (Wildman–Crippen LogP) is 3.65. The molecular weight excluding hydrogens is 1090 g/mol. The summed E-state index contributed by atoms with van der Waals surface area (Å²) in [6.07, 6.45) is 4.02. The van der Waals surface area contributed by atoms with Gasteiger partial charge in [0.1, 0.15) is 54.4 Å². The Balaban J connectivity index is 7.05. The number of hydrogen-bond acceptors (Lipinski definition) is 12. The smallest absolute Gasteiger partial charge is 0.246 e. The molecule has 12 atom stereocenters. The lowest BCUT2D eigenvalue weighted by Crippen LogP contribution is -2.63. The summed E-state index contributed by atoms with van der Waals surface area (Å²) in [4.78, 5) is 163. The van der Waals surface area contributed by atoms with Crippen molar-refractivity contribution in [3.05, 3.63) is 12.2 Å². The van der Waals surface area contributed by atoms with Crippen LogP contribution in [-0.2, 0) is 52.7 Å². The van der Waals surface area contributed by atoms with E-state index in [1.54, 1.807) is 53.8 Å². The first-order valence-corrected chi connectivity index (χ1v) is 30.5. The number of aliphatic hydroxyl groups excluding tert-OH is 1. The van der Waals surface area contributed by atoms with E-state index in [1.807, 2.05) is 69.2 Å². The number of carbonyl (C=O) groups is 11. The van der Waals surface area contributed by atoms with Crippen molar-refractivity contribution in [2.75, 3.05) is 55.9 Å². The van der Waals surface area contributed by atoms with Gasteiger partial charge in [0.25, 0.3) is 0 Å². The second-order valence-electron chi connectivity index (χ2n) is 25.5. The summed E-state index contributed by atoms with van der Waals surface area (Å²) in [5, 5.41) is 20.1. The first kappa shape index (κ1) is 78.9. The van der Waals surface area contributed by atoms with E-state index in [0.717, 1.165) is 9.80 Å². The first-order valence-electron chi connectivity index (χ1n) is 30.5. The van der Waals surface area contributed by atoms with Crippen molar-refractivity contribution in [2.24, 2.45) is 47.2 Å². The van der Waals surface area contributed by atoms with Crippen LogP contribution in [0.3, 0.4) is 0 Å². The van der Waals surface area contributed by atoms with Gasteiger partial charge in [-0.3, -0.25) is 52.7 Å². The Morgan fingerprint density at radius 2 is 0.929 bits per heavy atom. The van der Waals surface area contributed by atoms with Gasteiger partial charge in [-0.05, 0) is 94.8 Å². The fourth-order valence-corrected chi connectivity index (χ4v) is 10.2. The Morgan fingerprint density at radius 1 is 0.482 bits per heavy atom. The largest absolute Gasteiger partial charge is 0.390 e.